The summed E-state index contributed by atoms with van der Waals surface area (Å²) in [5.41, 5.74) is 0. The normalized spacial score (nSPS) is 26.1. The van der Waals surface area contributed by atoms with E-state index in [1.165, 1.54) is 44.9 Å². The molecule has 0 aromatic carbocycles. The lowest BCUT2D eigenvalue weighted by molar-refractivity contribution is 0.345. The predicted molar refractivity (Wildman–Crippen MR) is 69.4 cm³/mol. The molecule has 0 spiro atoms. The van der Waals surface area contributed by atoms with Gasteiger partial charge in [0.05, 0.1) is 5.38 Å². The van der Waals surface area contributed by atoms with E-state index in [1.807, 2.05) is 0 Å². The van der Waals surface area contributed by atoms with Crippen LogP contribution in [0.1, 0.15) is 58.8 Å². The van der Waals surface area contributed by atoms with Crippen LogP contribution in [0.5, 0.6) is 0 Å². The van der Waals surface area contributed by atoms with Gasteiger partial charge in [-0.2, -0.15) is 0 Å². The smallest absolute Gasteiger partial charge is 0.0516 e. The molecule has 0 heterocycles. The van der Waals surface area contributed by atoms with Crippen LogP contribution in [0.3, 0.4) is 0 Å². The molecule has 0 radical (unpaired) electrons. The van der Waals surface area contributed by atoms with E-state index in [0.29, 0.717) is 5.38 Å². The first-order chi connectivity index (χ1) is 7.26. The van der Waals surface area contributed by atoms with Gasteiger partial charge >= 0.3 is 0 Å². The van der Waals surface area contributed by atoms with Crippen molar-refractivity contribution in [3.63, 3.8) is 0 Å². The molecular formula is C14H25Cl. The Hall–Kier alpha value is 0.0300. The minimum Gasteiger partial charge on any atom is -0.118 e. The first-order valence-corrected chi connectivity index (χ1v) is 7.02. The highest BCUT2D eigenvalue weighted by molar-refractivity contribution is 6.21. The van der Waals surface area contributed by atoms with E-state index < -0.39 is 0 Å². The van der Waals surface area contributed by atoms with E-state index in [9.17, 15) is 0 Å². The maximum atomic E-state index is 6.05. The first kappa shape index (κ1) is 13.1. The van der Waals surface area contributed by atoms with Crippen molar-refractivity contribution in [3.05, 3.63) is 12.2 Å². The van der Waals surface area contributed by atoms with Crippen LogP contribution in [-0.2, 0) is 0 Å². The zero-order chi connectivity index (χ0) is 11.1. The van der Waals surface area contributed by atoms with Gasteiger partial charge < -0.3 is 0 Å². The number of hydrogen-bond acceptors (Lipinski definition) is 0. The fourth-order valence-electron chi connectivity index (χ4n) is 2.66. The zero-order valence-electron chi connectivity index (χ0n) is 10.2. The maximum Gasteiger partial charge on any atom is 0.0516 e. The van der Waals surface area contributed by atoms with Crippen LogP contribution in [0.4, 0.5) is 0 Å². The third kappa shape index (κ3) is 5.06. The molecule has 0 saturated carbocycles. The summed E-state index contributed by atoms with van der Waals surface area (Å²) in [4.78, 5) is 0. The number of allylic oxidation sites excluding steroid dienone is 2. The molecule has 0 saturated heterocycles. The molecule has 1 rings (SSSR count). The van der Waals surface area contributed by atoms with E-state index in [2.05, 4.69) is 26.0 Å². The fourth-order valence-corrected chi connectivity index (χ4v) is 2.87. The van der Waals surface area contributed by atoms with Crippen molar-refractivity contribution in [1.82, 2.24) is 0 Å². The molecule has 15 heavy (non-hydrogen) atoms. The van der Waals surface area contributed by atoms with Crippen LogP contribution >= 0.6 is 11.6 Å². The van der Waals surface area contributed by atoms with E-state index in [0.717, 1.165) is 11.8 Å². The summed E-state index contributed by atoms with van der Waals surface area (Å²) in [6, 6.07) is 0. The van der Waals surface area contributed by atoms with Gasteiger partial charge in [-0.1, -0.05) is 51.7 Å². The van der Waals surface area contributed by atoms with E-state index >= 15 is 0 Å². The number of halogens is 1. The molecule has 0 N–H and O–H groups in total. The monoisotopic (exact) mass is 228 g/mol. The van der Waals surface area contributed by atoms with Crippen molar-refractivity contribution in [1.29, 1.82) is 0 Å². The minimum atomic E-state index is 0.303. The molecule has 0 aromatic heterocycles. The average Bonchev–Trinajstić information content (AvgIpc) is 2.22. The van der Waals surface area contributed by atoms with Crippen molar-refractivity contribution in [3.8, 4) is 0 Å². The number of alkyl halides is 1. The quantitative estimate of drug-likeness (QED) is 0.435. The molecule has 0 aromatic rings. The highest BCUT2D eigenvalue weighted by atomic mass is 35.5. The Kier molecular flexibility index (Phi) is 6.40. The third-order valence-electron chi connectivity index (χ3n) is 3.44. The maximum absolute atomic E-state index is 6.05. The third-order valence-corrected chi connectivity index (χ3v) is 3.80. The van der Waals surface area contributed by atoms with Gasteiger partial charge in [0.25, 0.3) is 0 Å². The van der Waals surface area contributed by atoms with Crippen molar-refractivity contribution in [2.75, 3.05) is 0 Å². The Bertz CT molecular complexity index is 180. The minimum absolute atomic E-state index is 0.303. The van der Waals surface area contributed by atoms with Gasteiger partial charge in [-0.3, -0.25) is 0 Å². The molecule has 1 unspecified atom stereocenters. The average molecular weight is 229 g/mol. The van der Waals surface area contributed by atoms with Crippen molar-refractivity contribution < 1.29 is 0 Å². The highest BCUT2D eigenvalue weighted by Gasteiger charge is 2.17. The molecule has 0 aliphatic heterocycles. The zero-order valence-corrected chi connectivity index (χ0v) is 11.0. The van der Waals surface area contributed by atoms with Crippen LogP contribution in [0.25, 0.3) is 0 Å². The molecule has 88 valence electrons. The summed E-state index contributed by atoms with van der Waals surface area (Å²) in [7, 11) is 0. The number of rotatable bonds is 6. The second kappa shape index (κ2) is 7.33. The van der Waals surface area contributed by atoms with Gasteiger partial charge in [0, 0.05) is 0 Å². The van der Waals surface area contributed by atoms with Gasteiger partial charge in [0.15, 0.2) is 0 Å². The molecule has 0 nitrogen and oxygen atoms in total. The van der Waals surface area contributed by atoms with Crippen molar-refractivity contribution >= 4 is 11.6 Å². The van der Waals surface area contributed by atoms with E-state index in [4.69, 9.17) is 11.6 Å². The first-order valence-electron chi connectivity index (χ1n) is 6.58. The molecule has 1 aliphatic carbocycles. The van der Waals surface area contributed by atoms with Crippen molar-refractivity contribution in [2.45, 2.75) is 64.2 Å². The van der Waals surface area contributed by atoms with E-state index in [-0.39, 0.29) is 0 Å². The van der Waals surface area contributed by atoms with E-state index in [1.54, 1.807) is 0 Å². The second-order valence-corrected chi connectivity index (χ2v) is 5.48. The Balaban J connectivity index is 2.33. The van der Waals surface area contributed by atoms with Gasteiger partial charge in [-0.05, 0) is 31.1 Å². The Morgan fingerprint density at radius 3 is 2.27 bits per heavy atom. The summed E-state index contributed by atoms with van der Waals surface area (Å²) in [6.07, 6.45) is 13.9. The van der Waals surface area contributed by atoms with Crippen LogP contribution in [0.2, 0.25) is 0 Å². The predicted octanol–water partition coefficient (Wildman–Crippen LogP) is 5.17. The van der Waals surface area contributed by atoms with Crippen LogP contribution in [0.15, 0.2) is 12.2 Å². The second-order valence-electron chi connectivity index (χ2n) is 4.92. The topological polar surface area (TPSA) is 0 Å². The summed E-state index contributed by atoms with van der Waals surface area (Å²) < 4.78 is 0. The van der Waals surface area contributed by atoms with Crippen LogP contribution in [0, 0.1) is 11.8 Å². The molecular weight excluding hydrogens is 204 g/mol. The Labute approximate surface area is 100 Å². The lowest BCUT2D eigenvalue weighted by atomic mass is 9.83. The van der Waals surface area contributed by atoms with Gasteiger partial charge in [0.1, 0.15) is 0 Å². The molecule has 2 atom stereocenters. The largest absolute Gasteiger partial charge is 0.118 e. The van der Waals surface area contributed by atoms with Crippen LogP contribution < -0.4 is 0 Å². The number of hydrogen-bond donors (Lipinski definition) is 0. The highest BCUT2D eigenvalue weighted by Crippen LogP contribution is 2.30. The molecule has 1 aliphatic rings. The summed E-state index contributed by atoms with van der Waals surface area (Å²) >= 11 is 6.05. The van der Waals surface area contributed by atoms with Crippen molar-refractivity contribution in [2.24, 2.45) is 11.8 Å². The van der Waals surface area contributed by atoms with Gasteiger partial charge in [-0.15, -0.1) is 11.6 Å². The molecule has 0 amide bonds. The van der Waals surface area contributed by atoms with Crippen LogP contribution in [-0.4, -0.2) is 5.38 Å². The lowest BCUT2D eigenvalue weighted by Gasteiger charge is -2.24. The fraction of sp³-hybridized carbons (Fsp3) is 0.857. The summed E-state index contributed by atoms with van der Waals surface area (Å²) in [6.45, 7) is 4.60. The lowest BCUT2D eigenvalue weighted by Crippen LogP contribution is -2.13. The van der Waals surface area contributed by atoms with Gasteiger partial charge in [-0.25, -0.2) is 0 Å². The molecule has 0 fully saturated rings. The molecule has 1 heteroatoms. The Morgan fingerprint density at radius 1 is 1.13 bits per heavy atom. The summed E-state index contributed by atoms with van der Waals surface area (Å²) in [5, 5.41) is 0.303. The standard InChI is InChI=1S/C14H25Cl/c1-3-5-12(6-4-2)11-13-7-9-14(15)10-8-13/h7,9,12-14H,3-6,8,10-11H2,1-2H3/t13-,14?/m0/s1. The summed E-state index contributed by atoms with van der Waals surface area (Å²) in [5.74, 6) is 1.75. The molecule has 0 bridgehead atoms. The van der Waals surface area contributed by atoms with Gasteiger partial charge in [0.2, 0.25) is 0 Å². The SMILES string of the molecule is CCCC(CCC)C[C@H]1C=CC(Cl)CC1. The Morgan fingerprint density at radius 2 is 1.80 bits per heavy atom.